The second-order valence-electron chi connectivity index (χ2n) is 5.51. The Morgan fingerprint density at radius 3 is 2.50 bits per heavy atom. The molecular weight excluding hydrogens is 304 g/mol. The Labute approximate surface area is 142 Å². The summed E-state index contributed by atoms with van der Waals surface area (Å²) < 4.78 is 5.21. The molecular formula is C19H22N2O3. The number of anilines is 1. The van der Waals surface area contributed by atoms with Crippen molar-refractivity contribution < 1.29 is 14.3 Å². The van der Waals surface area contributed by atoms with Crippen LogP contribution < -0.4 is 15.4 Å². The molecule has 24 heavy (non-hydrogen) atoms. The maximum Gasteiger partial charge on any atom is 0.243 e. The van der Waals surface area contributed by atoms with Gasteiger partial charge >= 0.3 is 0 Å². The Hall–Kier alpha value is -2.82. The standard InChI is InChI=1S/C19H22N2O3/c1-14-8-10-17(24-2)16(12-14)21-19(23)13-20-18(22)11-9-15-6-4-3-5-7-15/h3-8,10,12H,9,11,13H2,1-2H3,(H,20,22)(H,21,23). The molecule has 0 saturated carbocycles. The van der Waals surface area contributed by atoms with E-state index in [2.05, 4.69) is 10.6 Å². The summed E-state index contributed by atoms with van der Waals surface area (Å²) in [4.78, 5) is 23.8. The minimum Gasteiger partial charge on any atom is -0.495 e. The number of carbonyl (C=O) groups is 2. The fourth-order valence-electron chi connectivity index (χ4n) is 2.28. The Kier molecular flexibility index (Phi) is 6.37. The summed E-state index contributed by atoms with van der Waals surface area (Å²) in [7, 11) is 1.55. The third-order valence-electron chi connectivity index (χ3n) is 3.56. The molecule has 0 unspecified atom stereocenters. The van der Waals surface area contributed by atoms with Crippen LogP contribution in [0, 0.1) is 6.92 Å². The first-order valence-electron chi connectivity index (χ1n) is 7.83. The van der Waals surface area contributed by atoms with Gasteiger partial charge in [-0.15, -0.1) is 0 Å². The molecule has 126 valence electrons. The van der Waals surface area contributed by atoms with Crippen LogP contribution in [0.5, 0.6) is 5.75 Å². The van der Waals surface area contributed by atoms with Crippen molar-refractivity contribution in [3.05, 3.63) is 59.7 Å². The largest absolute Gasteiger partial charge is 0.495 e. The van der Waals surface area contributed by atoms with Gasteiger partial charge in [-0.1, -0.05) is 36.4 Å². The molecule has 2 aromatic rings. The minimum atomic E-state index is -0.285. The van der Waals surface area contributed by atoms with E-state index in [1.165, 1.54) is 0 Å². The van der Waals surface area contributed by atoms with E-state index < -0.39 is 0 Å². The van der Waals surface area contributed by atoms with Crippen molar-refractivity contribution in [3.8, 4) is 5.75 Å². The predicted octanol–water partition coefficient (Wildman–Crippen LogP) is 2.69. The first kappa shape index (κ1) is 17.5. The van der Waals surface area contributed by atoms with Gasteiger partial charge in [0.1, 0.15) is 5.75 Å². The van der Waals surface area contributed by atoms with E-state index in [0.717, 1.165) is 11.1 Å². The van der Waals surface area contributed by atoms with Crippen molar-refractivity contribution in [1.82, 2.24) is 5.32 Å². The molecule has 0 saturated heterocycles. The summed E-state index contributed by atoms with van der Waals surface area (Å²) in [5, 5.41) is 5.39. The summed E-state index contributed by atoms with van der Waals surface area (Å²) in [6.45, 7) is 1.87. The Balaban J connectivity index is 1.78. The zero-order valence-corrected chi connectivity index (χ0v) is 14.0. The van der Waals surface area contributed by atoms with Crippen LogP contribution in [-0.4, -0.2) is 25.5 Å². The molecule has 0 radical (unpaired) electrons. The van der Waals surface area contributed by atoms with Crippen molar-refractivity contribution in [2.75, 3.05) is 19.0 Å². The number of methoxy groups -OCH3 is 1. The van der Waals surface area contributed by atoms with Gasteiger partial charge in [-0.25, -0.2) is 0 Å². The fourth-order valence-corrected chi connectivity index (χ4v) is 2.28. The zero-order valence-electron chi connectivity index (χ0n) is 14.0. The van der Waals surface area contributed by atoms with Crippen molar-refractivity contribution >= 4 is 17.5 Å². The van der Waals surface area contributed by atoms with E-state index in [1.807, 2.05) is 49.4 Å². The molecule has 5 heteroatoms. The molecule has 0 heterocycles. The van der Waals surface area contributed by atoms with Gasteiger partial charge in [-0.05, 0) is 36.6 Å². The van der Waals surface area contributed by atoms with E-state index in [-0.39, 0.29) is 18.4 Å². The number of hydrogen-bond acceptors (Lipinski definition) is 3. The van der Waals surface area contributed by atoms with Gasteiger partial charge in [0, 0.05) is 6.42 Å². The van der Waals surface area contributed by atoms with Crippen LogP contribution in [0.1, 0.15) is 17.5 Å². The third kappa shape index (κ3) is 5.43. The highest BCUT2D eigenvalue weighted by molar-refractivity contribution is 5.95. The maximum absolute atomic E-state index is 12.0. The lowest BCUT2D eigenvalue weighted by Crippen LogP contribution is -2.33. The monoisotopic (exact) mass is 326 g/mol. The second kappa shape index (κ2) is 8.72. The molecule has 0 bridgehead atoms. The Morgan fingerprint density at radius 1 is 1.04 bits per heavy atom. The van der Waals surface area contributed by atoms with Crippen LogP contribution in [0.2, 0.25) is 0 Å². The molecule has 0 fully saturated rings. The van der Waals surface area contributed by atoms with Crippen LogP contribution >= 0.6 is 0 Å². The quantitative estimate of drug-likeness (QED) is 0.822. The number of benzene rings is 2. The lowest BCUT2D eigenvalue weighted by Gasteiger charge is -2.11. The summed E-state index contributed by atoms with van der Waals surface area (Å²) in [5.41, 5.74) is 2.71. The molecule has 2 amide bonds. The van der Waals surface area contributed by atoms with E-state index in [0.29, 0.717) is 24.3 Å². The van der Waals surface area contributed by atoms with Gasteiger partial charge in [0.25, 0.3) is 0 Å². The van der Waals surface area contributed by atoms with E-state index >= 15 is 0 Å². The molecule has 0 spiro atoms. The normalized spacial score (nSPS) is 10.1. The molecule has 0 aromatic heterocycles. The molecule has 0 aliphatic rings. The maximum atomic E-state index is 12.0. The van der Waals surface area contributed by atoms with Gasteiger partial charge in [-0.2, -0.15) is 0 Å². The minimum absolute atomic E-state index is 0.0648. The molecule has 0 aliphatic carbocycles. The lowest BCUT2D eigenvalue weighted by atomic mass is 10.1. The summed E-state index contributed by atoms with van der Waals surface area (Å²) >= 11 is 0. The number of hydrogen-bond donors (Lipinski definition) is 2. The SMILES string of the molecule is COc1ccc(C)cc1NC(=O)CNC(=O)CCc1ccccc1. The van der Waals surface area contributed by atoms with Crippen molar-refractivity contribution in [2.45, 2.75) is 19.8 Å². The molecule has 0 aliphatic heterocycles. The molecule has 0 atom stereocenters. The average molecular weight is 326 g/mol. The number of amides is 2. The number of aryl methyl sites for hydroxylation is 2. The van der Waals surface area contributed by atoms with Crippen molar-refractivity contribution in [1.29, 1.82) is 0 Å². The van der Waals surface area contributed by atoms with Gasteiger partial charge in [0.05, 0.1) is 19.3 Å². The summed E-state index contributed by atoms with van der Waals surface area (Å²) in [6.07, 6.45) is 1.01. The second-order valence-corrected chi connectivity index (χ2v) is 5.51. The number of rotatable bonds is 7. The van der Waals surface area contributed by atoms with Crippen LogP contribution in [0.25, 0.3) is 0 Å². The van der Waals surface area contributed by atoms with Crippen LogP contribution in [-0.2, 0) is 16.0 Å². The van der Waals surface area contributed by atoms with Gasteiger partial charge in [-0.3, -0.25) is 9.59 Å². The number of ether oxygens (including phenoxy) is 1. The van der Waals surface area contributed by atoms with Gasteiger partial charge in [0.2, 0.25) is 11.8 Å². The predicted molar refractivity (Wildman–Crippen MR) is 94.1 cm³/mol. The summed E-state index contributed by atoms with van der Waals surface area (Å²) in [5.74, 6) is 0.154. The highest BCUT2D eigenvalue weighted by Crippen LogP contribution is 2.24. The summed E-state index contributed by atoms with van der Waals surface area (Å²) in [6, 6.07) is 15.3. The van der Waals surface area contributed by atoms with E-state index in [4.69, 9.17) is 4.74 Å². The average Bonchev–Trinajstić information content (AvgIpc) is 2.59. The van der Waals surface area contributed by atoms with Gasteiger partial charge < -0.3 is 15.4 Å². The lowest BCUT2D eigenvalue weighted by molar-refractivity contribution is -0.124. The Morgan fingerprint density at radius 2 is 1.79 bits per heavy atom. The first-order chi connectivity index (χ1) is 11.6. The molecule has 5 nitrogen and oxygen atoms in total. The highest BCUT2D eigenvalue weighted by atomic mass is 16.5. The van der Waals surface area contributed by atoms with E-state index in [9.17, 15) is 9.59 Å². The van der Waals surface area contributed by atoms with E-state index in [1.54, 1.807) is 13.2 Å². The molecule has 2 N–H and O–H groups in total. The number of nitrogens with one attached hydrogen (secondary N) is 2. The topological polar surface area (TPSA) is 67.4 Å². The zero-order chi connectivity index (χ0) is 17.4. The number of carbonyl (C=O) groups excluding carboxylic acids is 2. The van der Waals surface area contributed by atoms with Crippen LogP contribution in [0.15, 0.2) is 48.5 Å². The van der Waals surface area contributed by atoms with Crippen molar-refractivity contribution in [2.24, 2.45) is 0 Å². The van der Waals surface area contributed by atoms with Crippen LogP contribution in [0.4, 0.5) is 5.69 Å². The van der Waals surface area contributed by atoms with Gasteiger partial charge in [0.15, 0.2) is 0 Å². The smallest absolute Gasteiger partial charge is 0.243 e. The molecule has 2 rings (SSSR count). The van der Waals surface area contributed by atoms with Crippen molar-refractivity contribution in [3.63, 3.8) is 0 Å². The third-order valence-corrected chi connectivity index (χ3v) is 3.56. The molecule has 2 aromatic carbocycles. The highest BCUT2D eigenvalue weighted by Gasteiger charge is 2.09. The first-order valence-corrected chi connectivity index (χ1v) is 7.83. The fraction of sp³-hybridized carbons (Fsp3) is 0.263. The Bertz CT molecular complexity index is 699. The van der Waals surface area contributed by atoms with Crippen LogP contribution in [0.3, 0.4) is 0 Å².